The maximum absolute atomic E-state index is 13.7. The summed E-state index contributed by atoms with van der Waals surface area (Å²) in [5.74, 6) is -0.324. The number of Topliss-reactive ketones (excluding diaryl/α,β-unsaturated/α-hetero) is 1. The van der Waals surface area contributed by atoms with Crippen molar-refractivity contribution >= 4 is 73.4 Å². The summed E-state index contributed by atoms with van der Waals surface area (Å²) in [4.78, 5) is 26.7. The molecule has 1 heterocycles. The third kappa shape index (κ3) is 4.45. The van der Waals surface area contributed by atoms with Gasteiger partial charge >= 0.3 is 5.97 Å². The Balaban J connectivity index is 1.41. The summed E-state index contributed by atoms with van der Waals surface area (Å²) in [5.41, 5.74) is 5.88. The van der Waals surface area contributed by atoms with Gasteiger partial charge in [0.1, 0.15) is 12.4 Å². The zero-order valence-corrected chi connectivity index (χ0v) is 25.5. The third-order valence-corrected chi connectivity index (χ3v) is 8.86. The molecule has 0 fully saturated rings. The second-order valence-electron chi connectivity index (χ2n) is 9.49. The number of ketones is 1. The molecule has 1 N–H and O–H groups in total. The van der Waals surface area contributed by atoms with Crippen molar-refractivity contribution < 1.29 is 19.1 Å². The number of fused-ring (bicyclic) bond motifs is 3. The highest BCUT2D eigenvalue weighted by atomic mass is 127. The molecule has 194 valence electrons. The summed E-state index contributed by atoms with van der Waals surface area (Å²) in [6.45, 7) is 2.28. The molecule has 0 saturated heterocycles. The van der Waals surface area contributed by atoms with Gasteiger partial charge in [0, 0.05) is 28.3 Å². The average molecular weight is 739 g/mol. The Bertz CT molecular complexity index is 1730. The molecule has 5 nitrogen and oxygen atoms in total. The number of esters is 1. The number of hydrogen-bond donors (Lipinski definition) is 1. The predicted molar refractivity (Wildman–Crippen MR) is 168 cm³/mol. The molecule has 1 aliphatic heterocycles. The van der Waals surface area contributed by atoms with E-state index in [9.17, 15) is 9.59 Å². The van der Waals surface area contributed by atoms with Crippen molar-refractivity contribution in [1.82, 2.24) is 5.32 Å². The number of halogens is 2. The molecular formula is C32H23I2NO4. The second kappa shape index (κ2) is 10.4. The summed E-state index contributed by atoms with van der Waals surface area (Å²) >= 11 is 4.55. The van der Waals surface area contributed by atoms with Crippen LogP contribution in [-0.2, 0) is 16.1 Å². The SMILES string of the molecule is COC(=O)C1=C(C)NC2=C(C(=O)c3ccccc32)[C@@H]1c1cc(I)c(OCc2cccc3ccccc23)c(I)c1. The van der Waals surface area contributed by atoms with Crippen LogP contribution < -0.4 is 10.1 Å². The average Bonchev–Trinajstić information content (AvgIpc) is 3.22. The van der Waals surface area contributed by atoms with Crippen LogP contribution in [0.25, 0.3) is 16.5 Å². The summed E-state index contributed by atoms with van der Waals surface area (Å²) < 4.78 is 13.4. The fourth-order valence-corrected chi connectivity index (χ4v) is 7.62. The maximum atomic E-state index is 13.7. The van der Waals surface area contributed by atoms with Crippen molar-refractivity contribution in [2.75, 3.05) is 7.11 Å². The summed E-state index contributed by atoms with van der Waals surface area (Å²) in [6.07, 6.45) is 0. The number of nitrogens with one attached hydrogen (secondary N) is 1. The first-order chi connectivity index (χ1) is 18.9. The molecule has 2 aliphatic rings. The van der Waals surface area contributed by atoms with E-state index in [0.717, 1.165) is 35.3 Å². The lowest BCUT2D eigenvalue weighted by molar-refractivity contribution is -0.136. The van der Waals surface area contributed by atoms with Crippen molar-refractivity contribution in [2.24, 2.45) is 0 Å². The van der Waals surface area contributed by atoms with Crippen LogP contribution in [0.15, 0.2) is 95.7 Å². The van der Waals surface area contributed by atoms with Gasteiger partial charge in [0.15, 0.2) is 5.78 Å². The lowest BCUT2D eigenvalue weighted by Gasteiger charge is -2.29. The Morgan fingerprint density at radius 1 is 0.923 bits per heavy atom. The van der Waals surface area contributed by atoms with E-state index in [1.807, 2.05) is 61.5 Å². The molecule has 0 bridgehead atoms. The van der Waals surface area contributed by atoms with Crippen molar-refractivity contribution in [1.29, 1.82) is 0 Å². The topological polar surface area (TPSA) is 64.6 Å². The van der Waals surface area contributed by atoms with Gasteiger partial charge in [-0.25, -0.2) is 4.79 Å². The van der Waals surface area contributed by atoms with Crippen LogP contribution in [0.5, 0.6) is 5.75 Å². The molecule has 6 rings (SSSR count). The smallest absolute Gasteiger partial charge is 0.336 e. The lowest BCUT2D eigenvalue weighted by atomic mass is 9.80. The van der Waals surface area contributed by atoms with E-state index in [-0.39, 0.29) is 5.78 Å². The standard InChI is InChI=1S/C32H23I2NO4/c1-17-26(32(37)38-2)27(28-29(35-17)22-12-5-6-13-23(22)30(28)36)20-14-24(33)31(25(34)15-20)39-16-19-10-7-9-18-8-3-4-11-21(18)19/h3-15,27,35H,16H2,1-2H3/t27-/m1/s1. The van der Waals surface area contributed by atoms with Crippen LogP contribution in [0.4, 0.5) is 0 Å². The molecule has 0 radical (unpaired) electrons. The predicted octanol–water partition coefficient (Wildman–Crippen LogP) is 7.37. The van der Waals surface area contributed by atoms with Crippen molar-refractivity contribution in [3.63, 3.8) is 0 Å². The van der Waals surface area contributed by atoms with Crippen LogP contribution in [0, 0.1) is 7.14 Å². The molecule has 0 unspecified atom stereocenters. The van der Waals surface area contributed by atoms with Gasteiger partial charge in [0.25, 0.3) is 0 Å². The van der Waals surface area contributed by atoms with E-state index in [1.54, 1.807) is 0 Å². The summed E-state index contributed by atoms with van der Waals surface area (Å²) in [5, 5.41) is 5.67. The Morgan fingerprint density at radius 3 is 2.33 bits per heavy atom. The Morgan fingerprint density at radius 2 is 1.59 bits per heavy atom. The number of rotatable bonds is 5. The quantitative estimate of drug-likeness (QED) is 0.171. The van der Waals surface area contributed by atoms with Crippen LogP contribution in [-0.4, -0.2) is 18.9 Å². The van der Waals surface area contributed by atoms with Crippen LogP contribution in [0.2, 0.25) is 0 Å². The van der Waals surface area contributed by atoms with E-state index >= 15 is 0 Å². The van der Waals surface area contributed by atoms with E-state index in [0.29, 0.717) is 29.0 Å². The molecule has 4 aromatic rings. The molecule has 0 aromatic heterocycles. The summed E-state index contributed by atoms with van der Waals surface area (Å²) in [7, 11) is 1.37. The molecule has 1 atom stereocenters. The van der Waals surface area contributed by atoms with Crippen LogP contribution in [0.1, 0.15) is 39.9 Å². The number of carbonyl (C=O) groups is 2. The van der Waals surface area contributed by atoms with Gasteiger partial charge in [-0.2, -0.15) is 0 Å². The molecular weight excluding hydrogens is 716 g/mol. The van der Waals surface area contributed by atoms with Crippen molar-refractivity contribution in [3.05, 3.63) is 125 Å². The first kappa shape index (κ1) is 26.1. The zero-order chi connectivity index (χ0) is 27.3. The minimum absolute atomic E-state index is 0.0756. The number of benzene rings is 4. The Kier molecular flexibility index (Phi) is 6.96. The number of allylic oxidation sites excluding steroid dienone is 2. The summed E-state index contributed by atoms with van der Waals surface area (Å²) in [6, 6.07) is 26.1. The van der Waals surface area contributed by atoms with E-state index in [1.165, 1.54) is 17.9 Å². The van der Waals surface area contributed by atoms with E-state index < -0.39 is 11.9 Å². The number of ether oxygens (including phenoxy) is 2. The first-order valence-corrected chi connectivity index (χ1v) is 14.6. The van der Waals surface area contributed by atoms with E-state index in [2.05, 4.69) is 74.8 Å². The minimum atomic E-state index is -0.567. The second-order valence-corrected chi connectivity index (χ2v) is 11.8. The van der Waals surface area contributed by atoms with Gasteiger partial charge in [0.05, 0.1) is 25.5 Å². The largest absolute Gasteiger partial charge is 0.487 e. The number of carbonyl (C=O) groups excluding carboxylic acids is 2. The third-order valence-electron chi connectivity index (χ3n) is 7.26. The fourth-order valence-electron chi connectivity index (χ4n) is 5.50. The van der Waals surface area contributed by atoms with Gasteiger partial charge in [0.2, 0.25) is 0 Å². The van der Waals surface area contributed by atoms with Crippen molar-refractivity contribution in [2.45, 2.75) is 19.4 Å². The number of hydrogen-bond acceptors (Lipinski definition) is 5. The highest BCUT2D eigenvalue weighted by Gasteiger charge is 2.43. The highest BCUT2D eigenvalue weighted by molar-refractivity contribution is 14.1. The molecule has 0 saturated carbocycles. The number of dihydropyridines is 1. The monoisotopic (exact) mass is 739 g/mol. The molecule has 0 amide bonds. The molecule has 39 heavy (non-hydrogen) atoms. The minimum Gasteiger partial charge on any atom is -0.487 e. The Labute approximate surface area is 253 Å². The van der Waals surface area contributed by atoms with Crippen LogP contribution in [0.3, 0.4) is 0 Å². The molecule has 4 aromatic carbocycles. The Hall–Kier alpha value is -3.18. The lowest BCUT2D eigenvalue weighted by Crippen LogP contribution is -2.29. The number of methoxy groups -OCH3 is 1. The van der Waals surface area contributed by atoms with Gasteiger partial charge in [-0.05, 0) is 86.1 Å². The molecule has 7 heteroatoms. The van der Waals surface area contributed by atoms with Gasteiger partial charge in [-0.15, -0.1) is 0 Å². The molecule has 1 aliphatic carbocycles. The zero-order valence-electron chi connectivity index (χ0n) is 21.2. The fraction of sp³-hybridized carbons (Fsp3) is 0.125. The highest BCUT2D eigenvalue weighted by Crippen LogP contribution is 2.48. The van der Waals surface area contributed by atoms with Gasteiger partial charge in [-0.3, -0.25) is 4.79 Å². The van der Waals surface area contributed by atoms with Crippen LogP contribution >= 0.6 is 45.2 Å². The van der Waals surface area contributed by atoms with Gasteiger partial charge < -0.3 is 14.8 Å². The molecule has 0 spiro atoms. The maximum Gasteiger partial charge on any atom is 0.336 e. The van der Waals surface area contributed by atoms with Gasteiger partial charge in [-0.1, -0.05) is 66.7 Å². The normalized spacial score (nSPS) is 16.2. The first-order valence-electron chi connectivity index (χ1n) is 12.4. The van der Waals surface area contributed by atoms with Crippen molar-refractivity contribution in [3.8, 4) is 5.75 Å². The van der Waals surface area contributed by atoms with E-state index in [4.69, 9.17) is 9.47 Å².